The number of pyridine rings is 1. The van der Waals surface area contributed by atoms with E-state index >= 15 is 0 Å². The maximum atomic E-state index is 12.3. The molecule has 2 heterocycles. The van der Waals surface area contributed by atoms with Gasteiger partial charge < -0.3 is 10.4 Å². The molecular weight excluding hydrogens is 324 g/mol. The summed E-state index contributed by atoms with van der Waals surface area (Å²) < 4.78 is 1.11. The van der Waals surface area contributed by atoms with Crippen LogP contribution < -0.4 is 10.9 Å². The molecule has 1 atom stereocenters. The van der Waals surface area contributed by atoms with Crippen LogP contribution in [-0.2, 0) is 6.42 Å². The van der Waals surface area contributed by atoms with Gasteiger partial charge in [0.1, 0.15) is 5.65 Å². The monoisotopic (exact) mass is 340 g/mol. The van der Waals surface area contributed by atoms with Crippen molar-refractivity contribution in [1.82, 2.24) is 9.38 Å². The maximum Gasteiger partial charge on any atom is 0.376 e. The molecule has 3 aromatic rings. The maximum absolute atomic E-state index is 12.3. The van der Waals surface area contributed by atoms with Crippen LogP contribution in [0, 0.1) is 10.1 Å². The molecule has 0 saturated carbocycles. The predicted molar refractivity (Wildman–Crippen MR) is 92.8 cm³/mol. The molecule has 2 aromatic heterocycles. The molecule has 0 radical (unpaired) electrons. The van der Waals surface area contributed by atoms with Crippen LogP contribution in [-0.4, -0.2) is 32.1 Å². The molecule has 3 rings (SSSR count). The first-order chi connectivity index (χ1) is 12.1. The van der Waals surface area contributed by atoms with Gasteiger partial charge in [-0.1, -0.05) is 36.4 Å². The Bertz CT molecular complexity index is 956. The van der Waals surface area contributed by atoms with Crippen molar-refractivity contribution in [1.29, 1.82) is 0 Å². The lowest BCUT2D eigenvalue weighted by Crippen LogP contribution is -2.26. The fraction of sp³-hybridized carbons (Fsp3) is 0.176. The van der Waals surface area contributed by atoms with Gasteiger partial charge in [-0.3, -0.25) is 19.3 Å². The van der Waals surface area contributed by atoms with Gasteiger partial charge in [0.15, 0.2) is 0 Å². The quantitative estimate of drug-likeness (QED) is 0.521. The second kappa shape index (κ2) is 7.10. The van der Waals surface area contributed by atoms with Crippen LogP contribution in [0.5, 0.6) is 0 Å². The Labute approximate surface area is 142 Å². The van der Waals surface area contributed by atoms with Gasteiger partial charge >= 0.3 is 11.2 Å². The van der Waals surface area contributed by atoms with E-state index < -0.39 is 22.3 Å². The Morgan fingerprint density at radius 1 is 1.20 bits per heavy atom. The van der Waals surface area contributed by atoms with Crippen molar-refractivity contribution in [3.05, 3.63) is 80.8 Å². The molecule has 8 nitrogen and oxygen atoms in total. The highest BCUT2D eigenvalue weighted by Gasteiger charge is 2.23. The largest absolute Gasteiger partial charge is 0.391 e. The first-order valence-corrected chi connectivity index (χ1v) is 7.68. The van der Waals surface area contributed by atoms with Gasteiger partial charge in [-0.05, 0) is 17.7 Å². The summed E-state index contributed by atoms with van der Waals surface area (Å²) in [6.45, 7) is 0.0329. The number of rotatable bonds is 6. The van der Waals surface area contributed by atoms with Crippen molar-refractivity contribution in [3.8, 4) is 0 Å². The Morgan fingerprint density at radius 3 is 2.64 bits per heavy atom. The number of aromatic nitrogens is 2. The van der Waals surface area contributed by atoms with Crippen molar-refractivity contribution >= 4 is 17.2 Å². The van der Waals surface area contributed by atoms with E-state index in [-0.39, 0.29) is 18.0 Å². The number of nitrogens with one attached hydrogen (secondary N) is 1. The molecule has 2 N–H and O–H groups in total. The molecule has 1 unspecified atom stereocenters. The minimum absolute atomic E-state index is 0.0329. The first-order valence-electron chi connectivity index (χ1n) is 7.68. The third kappa shape index (κ3) is 3.64. The first kappa shape index (κ1) is 16.6. The normalized spacial score (nSPS) is 12.0. The molecule has 0 aliphatic rings. The highest BCUT2D eigenvalue weighted by molar-refractivity contribution is 5.59. The summed E-state index contributed by atoms with van der Waals surface area (Å²) in [5.41, 5.74) is -0.178. The van der Waals surface area contributed by atoms with E-state index in [0.29, 0.717) is 6.42 Å². The fourth-order valence-electron chi connectivity index (χ4n) is 2.54. The third-order valence-corrected chi connectivity index (χ3v) is 3.71. The zero-order valence-electron chi connectivity index (χ0n) is 13.2. The van der Waals surface area contributed by atoms with Crippen LogP contribution >= 0.6 is 0 Å². The number of benzene rings is 1. The number of anilines is 1. The van der Waals surface area contributed by atoms with Crippen molar-refractivity contribution in [2.45, 2.75) is 12.5 Å². The standard InChI is InChI=1S/C17H16N4O4/c22-13(10-12-6-2-1-3-7-12)11-18-16-15(21(24)25)17(23)20-9-5-4-8-14(20)19-16/h1-9,13,18,22H,10-11H2. The summed E-state index contributed by atoms with van der Waals surface area (Å²) >= 11 is 0. The minimum Gasteiger partial charge on any atom is -0.391 e. The lowest BCUT2D eigenvalue weighted by Gasteiger charge is -2.13. The van der Waals surface area contributed by atoms with Crippen LogP contribution in [0.15, 0.2) is 59.5 Å². The molecule has 25 heavy (non-hydrogen) atoms. The van der Waals surface area contributed by atoms with Crippen LogP contribution in [0.2, 0.25) is 0 Å². The minimum atomic E-state index is -0.780. The Balaban J connectivity index is 1.84. The lowest BCUT2D eigenvalue weighted by atomic mass is 10.1. The van der Waals surface area contributed by atoms with Crippen molar-refractivity contribution < 1.29 is 10.0 Å². The summed E-state index contributed by atoms with van der Waals surface area (Å²) in [6.07, 6.45) is 1.03. The Hall–Kier alpha value is -3.26. The van der Waals surface area contributed by atoms with E-state index in [1.807, 2.05) is 30.3 Å². The summed E-state index contributed by atoms with van der Waals surface area (Å²) in [7, 11) is 0. The molecule has 0 bridgehead atoms. The second-order valence-electron chi connectivity index (χ2n) is 5.52. The van der Waals surface area contributed by atoms with Crippen molar-refractivity contribution in [2.75, 3.05) is 11.9 Å². The highest BCUT2D eigenvalue weighted by Crippen LogP contribution is 2.18. The van der Waals surface area contributed by atoms with Gasteiger partial charge in [-0.25, -0.2) is 4.98 Å². The van der Waals surface area contributed by atoms with Gasteiger partial charge in [0.2, 0.25) is 5.82 Å². The van der Waals surface area contributed by atoms with Crippen molar-refractivity contribution in [3.63, 3.8) is 0 Å². The second-order valence-corrected chi connectivity index (χ2v) is 5.52. The number of hydrogen-bond acceptors (Lipinski definition) is 6. The fourth-order valence-corrected chi connectivity index (χ4v) is 2.54. The Morgan fingerprint density at radius 2 is 1.92 bits per heavy atom. The Kier molecular flexibility index (Phi) is 4.71. The van der Waals surface area contributed by atoms with Gasteiger partial charge in [0, 0.05) is 19.2 Å². The van der Waals surface area contributed by atoms with Gasteiger partial charge in [-0.15, -0.1) is 0 Å². The molecule has 0 amide bonds. The van der Waals surface area contributed by atoms with Crippen LogP contribution in [0.1, 0.15) is 5.56 Å². The van der Waals surface area contributed by atoms with E-state index in [2.05, 4.69) is 10.3 Å². The number of nitro groups is 1. The molecule has 0 spiro atoms. The molecule has 0 aliphatic carbocycles. The number of hydrogen-bond donors (Lipinski definition) is 2. The van der Waals surface area contributed by atoms with E-state index in [0.717, 1.165) is 9.96 Å². The SMILES string of the molecule is O=c1c([N+](=O)[O-])c(NCC(O)Cc2ccccc2)nc2ccccn12. The van der Waals surface area contributed by atoms with E-state index in [1.165, 1.54) is 6.20 Å². The van der Waals surface area contributed by atoms with Gasteiger partial charge in [-0.2, -0.15) is 0 Å². The average molecular weight is 340 g/mol. The average Bonchev–Trinajstić information content (AvgIpc) is 2.60. The molecule has 0 fully saturated rings. The zero-order chi connectivity index (χ0) is 17.8. The van der Waals surface area contributed by atoms with E-state index in [1.54, 1.807) is 18.2 Å². The molecule has 0 aliphatic heterocycles. The van der Waals surface area contributed by atoms with Crippen LogP contribution in [0.3, 0.4) is 0 Å². The van der Waals surface area contributed by atoms with Gasteiger partial charge in [0.05, 0.1) is 11.0 Å². The van der Waals surface area contributed by atoms with E-state index in [9.17, 15) is 20.0 Å². The number of aliphatic hydroxyl groups is 1. The summed E-state index contributed by atoms with van der Waals surface area (Å²) in [5, 5.41) is 24.1. The summed E-state index contributed by atoms with van der Waals surface area (Å²) in [4.78, 5) is 26.9. The topological polar surface area (TPSA) is 110 Å². The number of fused-ring (bicyclic) bond motifs is 1. The highest BCUT2D eigenvalue weighted by atomic mass is 16.6. The van der Waals surface area contributed by atoms with Crippen LogP contribution in [0.4, 0.5) is 11.5 Å². The van der Waals surface area contributed by atoms with Gasteiger partial charge in [0.25, 0.3) is 0 Å². The molecule has 128 valence electrons. The predicted octanol–water partition coefficient (Wildman–Crippen LogP) is 1.62. The lowest BCUT2D eigenvalue weighted by molar-refractivity contribution is -0.385. The number of nitrogens with zero attached hydrogens (tertiary/aromatic N) is 3. The molecular formula is C17H16N4O4. The van der Waals surface area contributed by atoms with E-state index in [4.69, 9.17) is 0 Å². The zero-order valence-corrected chi connectivity index (χ0v) is 13.2. The smallest absolute Gasteiger partial charge is 0.376 e. The van der Waals surface area contributed by atoms with Crippen LogP contribution in [0.25, 0.3) is 5.65 Å². The molecule has 8 heteroatoms. The third-order valence-electron chi connectivity index (χ3n) is 3.71. The van der Waals surface area contributed by atoms with Crippen molar-refractivity contribution in [2.24, 2.45) is 0 Å². The number of aliphatic hydroxyl groups excluding tert-OH is 1. The summed E-state index contributed by atoms with van der Waals surface area (Å²) in [6, 6.07) is 14.2. The summed E-state index contributed by atoms with van der Waals surface area (Å²) in [5.74, 6) is -0.145. The molecule has 1 aromatic carbocycles. The molecule has 0 saturated heterocycles.